The number of H-pyrrole nitrogens is 1. The van der Waals surface area contributed by atoms with Gasteiger partial charge in [-0.3, -0.25) is 0 Å². The maximum Gasteiger partial charge on any atom is 0.216 e. The zero-order valence-electron chi connectivity index (χ0n) is 16.4. The fraction of sp³-hybridized carbons (Fsp3) is 0.250. The minimum Gasteiger partial charge on any atom is -0.503 e. The quantitative estimate of drug-likeness (QED) is 0.378. The van der Waals surface area contributed by atoms with Crippen molar-refractivity contribution in [3.8, 4) is 22.9 Å². The van der Waals surface area contributed by atoms with Gasteiger partial charge in [0.25, 0.3) is 0 Å². The highest BCUT2D eigenvalue weighted by atomic mass is 79.9. The Labute approximate surface area is 182 Å². The highest BCUT2D eigenvalue weighted by Crippen LogP contribution is 2.34. The summed E-state index contributed by atoms with van der Waals surface area (Å²) in [5.41, 5.74) is 2.79. The van der Waals surface area contributed by atoms with Crippen LogP contribution in [0, 0.1) is 4.77 Å². The molecular weight excluding hydrogens is 454 g/mol. The van der Waals surface area contributed by atoms with Crippen molar-refractivity contribution < 1.29 is 9.84 Å². The van der Waals surface area contributed by atoms with Gasteiger partial charge in [-0.2, -0.15) is 14.9 Å². The number of nitrogens with one attached hydrogen (secondary N) is 1. The van der Waals surface area contributed by atoms with Crippen LogP contribution < -0.4 is 9.64 Å². The third-order valence-corrected chi connectivity index (χ3v) is 5.37. The summed E-state index contributed by atoms with van der Waals surface area (Å²) in [5, 5.41) is 21.5. The largest absolute Gasteiger partial charge is 0.503 e. The normalized spacial score (nSPS) is 11.2. The Morgan fingerprint density at radius 2 is 1.97 bits per heavy atom. The van der Waals surface area contributed by atoms with Crippen LogP contribution in [-0.2, 0) is 0 Å². The molecule has 9 heteroatoms. The van der Waals surface area contributed by atoms with Crippen molar-refractivity contribution in [3.05, 3.63) is 51.2 Å². The predicted octanol–water partition coefficient (Wildman–Crippen LogP) is 4.81. The van der Waals surface area contributed by atoms with E-state index in [1.165, 1.54) is 7.11 Å². The van der Waals surface area contributed by atoms with Gasteiger partial charge in [-0.15, -0.1) is 0 Å². The fourth-order valence-electron chi connectivity index (χ4n) is 2.94. The average Bonchev–Trinajstić information content (AvgIpc) is 3.10. The van der Waals surface area contributed by atoms with Crippen LogP contribution in [0.3, 0.4) is 0 Å². The van der Waals surface area contributed by atoms with Crippen molar-refractivity contribution in [2.75, 3.05) is 25.1 Å². The van der Waals surface area contributed by atoms with E-state index in [0.717, 1.165) is 29.9 Å². The van der Waals surface area contributed by atoms with E-state index in [-0.39, 0.29) is 5.75 Å². The van der Waals surface area contributed by atoms with Gasteiger partial charge in [-0.25, -0.2) is 5.10 Å². The molecule has 0 saturated carbocycles. The fourth-order valence-corrected chi connectivity index (χ4v) is 3.58. The molecule has 2 N–H and O–H groups in total. The highest BCUT2D eigenvalue weighted by Gasteiger charge is 2.11. The Balaban J connectivity index is 1.94. The molecule has 0 fully saturated rings. The van der Waals surface area contributed by atoms with Gasteiger partial charge in [-0.1, -0.05) is 0 Å². The molecule has 0 bridgehead atoms. The number of halogens is 1. The number of hydrogen-bond donors (Lipinski definition) is 2. The summed E-state index contributed by atoms with van der Waals surface area (Å²) in [7, 11) is 1.49. The molecular formula is C20H22BrN5O2S. The zero-order chi connectivity index (χ0) is 21.0. The second-order valence-electron chi connectivity index (χ2n) is 6.18. The van der Waals surface area contributed by atoms with E-state index < -0.39 is 0 Å². The van der Waals surface area contributed by atoms with Crippen LogP contribution >= 0.6 is 28.1 Å². The van der Waals surface area contributed by atoms with E-state index >= 15 is 0 Å². The number of nitrogens with zero attached hydrogens (tertiary/aromatic N) is 4. The average molecular weight is 476 g/mol. The summed E-state index contributed by atoms with van der Waals surface area (Å²) in [4.78, 5) is 2.27. The molecule has 1 heterocycles. The number of methoxy groups -OCH3 is 1. The van der Waals surface area contributed by atoms with Crippen LogP contribution in [0.1, 0.15) is 19.4 Å². The molecule has 0 radical (unpaired) electrons. The smallest absolute Gasteiger partial charge is 0.216 e. The first-order valence-corrected chi connectivity index (χ1v) is 10.3. The van der Waals surface area contributed by atoms with Crippen molar-refractivity contribution in [2.24, 2.45) is 5.10 Å². The standard InChI is InChI=1S/C20H22BrN5O2S/c1-4-25(5-2)15-8-6-14(7-9-15)19-23-24-20(29)26(19)22-12-13-10-16(21)18(27)17(11-13)28-3/h6-12,27H,4-5H2,1-3H3,(H,24,29). The molecule has 0 atom stereocenters. The van der Waals surface area contributed by atoms with E-state index in [1.807, 2.05) is 12.1 Å². The van der Waals surface area contributed by atoms with Gasteiger partial charge in [-0.05, 0) is 84.0 Å². The second-order valence-corrected chi connectivity index (χ2v) is 7.42. The molecule has 2 aromatic carbocycles. The first kappa shape index (κ1) is 21.1. The van der Waals surface area contributed by atoms with Gasteiger partial charge >= 0.3 is 0 Å². The molecule has 3 aromatic rings. The topological polar surface area (TPSA) is 78.7 Å². The molecule has 0 unspecified atom stereocenters. The van der Waals surface area contributed by atoms with Crippen molar-refractivity contribution in [3.63, 3.8) is 0 Å². The molecule has 29 heavy (non-hydrogen) atoms. The third kappa shape index (κ3) is 4.51. The monoisotopic (exact) mass is 475 g/mol. The number of aromatic amines is 1. The molecule has 0 spiro atoms. The van der Waals surface area contributed by atoms with Crippen molar-refractivity contribution in [1.82, 2.24) is 14.9 Å². The number of benzene rings is 2. The van der Waals surface area contributed by atoms with Gasteiger partial charge in [0.15, 0.2) is 17.3 Å². The first-order valence-electron chi connectivity index (χ1n) is 9.12. The lowest BCUT2D eigenvalue weighted by atomic mass is 10.2. The van der Waals surface area contributed by atoms with Crippen LogP contribution in [0.15, 0.2) is 46.0 Å². The summed E-state index contributed by atoms with van der Waals surface area (Å²) >= 11 is 8.65. The molecule has 7 nitrogen and oxygen atoms in total. The van der Waals surface area contributed by atoms with Gasteiger partial charge < -0.3 is 14.7 Å². The van der Waals surface area contributed by atoms with Crippen LogP contribution in [0.2, 0.25) is 0 Å². The van der Waals surface area contributed by atoms with E-state index in [2.05, 4.69) is 62.1 Å². The maximum atomic E-state index is 9.95. The Kier molecular flexibility index (Phi) is 6.71. The number of phenols is 1. The summed E-state index contributed by atoms with van der Waals surface area (Å²) < 4.78 is 7.64. The predicted molar refractivity (Wildman–Crippen MR) is 122 cm³/mol. The van der Waals surface area contributed by atoms with E-state index in [4.69, 9.17) is 17.0 Å². The van der Waals surface area contributed by atoms with Crippen LogP contribution in [0.25, 0.3) is 11.4 Å². The summed E-state index contributed by atoms with van der Waals surface area (Å²) in [6, 6.07) is 11.6. The number of anilines is 1. The number of rotatable bonds is 7. The minimum atomic E-state index is 0.0403. The van der Waals surface area contributed by atoms with Crippen LogP contribution in [-0.4, -0.2) is 46.4 Å². The third-order valence-electron chi connectivity index (χ3n) is 4.50. The Morgan fingerprint density at radius 3 is 2.59 bits per heavy atom. The number of phenolic OH excluding ortho intramolecular Hbond substituents is 1. The number of hydrogen-bond acceptors (Lipinski definition) is 6. The Hall–Kier alpha value is -2.65. The van der Waals surface area contributed by atoms with Gasteiger partial charge in [0, 0.05) is 24.3 Å². The molecule has 3 rings (SSSR count). The van der Waals surface area contributed by atoms with Crippen LogP contribution in [0.4, 0.5) is 5.69 Å². The molecule has 152 valence electrons. The van der Waals surface area contributed by atoms with Crippen LogP contribution in [0.5, 0.6) is 11.5 Å². The van der Waals surface area contributed by atoms with Gasteiger partial charge in [0.2, 0.25) is 4.77 Å². The lowest BCUT2D eigenvalue weighted by molar-refractivity contribution is 0.372. The molecule has 0 aliphatic rings. The molecule has 0 aliphatic heterocycles. The minimum absolute atomic E-state index is 0.0403. The Morgan fingerprint density at radius 1 is 1.28 bits per heavy atom. The number of aromatic hydroxyl groups is 1. The zero-order valence-corrected chi connectivity index (χ0v) is 18.8. The van der Waals surface area contributed by atoms with Crippen molar-refractivity contribution in [2.45, 2.75) is 13.8 Å². The summed E-state index contributed by atoms with van der Waals surface area (Å²) in [6.07, 6.45) is 1.63. The maximum absolute atomic E-state index is 9.95. The molecule has 1 aromatic heterocycles. The molecule has 0 aliphatic carbocycles. The van der Waals surface area contributed by atoms with E-state index in [0.29, 0.717) is 20.8 Å². The summed E-state index contributed by atoms with van der Waals surface area (Å²) in [6.45, 7) is 6.16. The first-order chi connectivity index (χ1) is 14.0. The van der Waals surface area contributed by atoms with Gasteiger partial charge in [0.1, 0.15) is 0 Å². The lowest BCUT2D eigenvalue weighted by Crippen LogP contribution is -2.21. The summed E-state index contributed by atoms with van der Waals surface area (Å²) in [5.74, 6) is 1.00. The van der Waals surface area contributed by atoms with Gasteiger partial charge in [0.05, 0.1) is 17.8 Å². The number of ether oxygens (including phenoxy) is 1. The van der Waals surface area contributed by atoms with Crippen molar-refractivity contribution in [1.29, 1.82) is 0 Å². The van der Waals surface area contributed by atoms with E-state index in [1.54, 1.807) is 23.0 Å². The van der Waals surface area contributed by atoms with E-state index in [9.17, 15) is 5.11 Å². The highest BCUT2D eigenvalue weighted by molar-refractivity contribution is 9.10. The Bertz CT molecular complexity index is 1070. The number of aromatic nitrogens is 3. The molecule has 0 saturated heterocycles. The van der Waals surface area contributed by atoms with Crippen molar-refractivity contribution >= 4 is 40.0 Å². The molecule has 0 amide bonds. The second kappa shape index (κ2) is 9.23. The lowest BCUT2D eigenvalue weighted by Gasteiger charge is -2.20. The SMILES string of the molecule is CCN(CC)c1ccc(-c2n[nH]c(=S)n2N=Cc2cc(Br)c(O)c(OC)c2)cc1.